The van der Waals surface area contributed by atoms with Crippen LogP contribution in [0, 0.1) is 12.3 Å². The summed E-state index contributed by atoms with van der Waals surface area (Å²) in [6, 6.07) is 8.47. The first kappa shape index (κ1) is 17.0. The van der Waals surface area contributed by atoms with Crippen molar-refractivity contribution in [2.24, 2.45) is 5.41 Å². The monoisotopic (exact) mass is 304 g/mol. The van der Waals surface area contributed by atoms with Gasteiger partial charge < -0.3 is 15.4 Å². The summed E-state index contributed by atoms with van der Waals surface area (Å²) in [5, 5.41) is 6.52. The summed E-state index contributed by atoms with van der Waals surface area (Å²) in [5.41, 5.74) is 2.19. The van der Waals surface area contributed by atoms with E-state index in [1.807, 2.05) is 6.07 Å². The maximum Gasteiger partial charge on any atom is 0.228 e. The van der Waals surface area contributed by atoms with Crippen molar-refractivity contribution >= 4 is 5.91 Å². The lowest BCUT2D eigenvalue weighted by Gasteiger charge is -2.36. The van der Waals surface area contributed by atoms with E-state index in [1.165, 1.54) is 11.1 Å². The van der Waals surface area contributed by atoms with Crippen LogP contribution in [0.3, 0.4) is 0 Å². The van der Waals surface area contributed by atoms with Crippen LogP contribution in [-0.2, 0) is 16.0 Å². The van der Waals surface area contributed by atoms with Crippen molar-refractivity contribution in [3.05, 3.63) is 35.4 Å². The average Bonchev–Trinajstić information content (AvgIpc) is 2.51. The maximum atomic E-state index is 12.8. The molecule has 0 radical (unpaired) electrons. The Kier molecular flexibility index (Phi) is 5.98. The van der Waals surface area contributed by atoms with Gasteiger partial charge in [0.15, 0.2) is 0 Å². The van der Waals surface area contributed by atoms with Gasteiger partial charge in [0, 0.05) is 13.2 Å². The molecule has 22 heavy (non-hydrogen) atoms. The zero-order valence-corrected chi connectivity index (χ0v) is 13.9. The zero-order chi connectivity index (χ0) is 16.0. The van der Waals surface area contributed by atoms with Crippen molar-refractivity contribution in [2.45, 2.75) is 39.2 Å². The number of ether oxygens (including phenoxy) is 1. The number of carbonyl (C=O) groups is 1. The van der Waals surface area contributed by atoms with E-state index in [1.54, 1.807) is 7.11 Å². The second-order valence-electron chi connectivity index (χ2n) is 6.47. The molecular formula is C18H28N2O2. The number of hydrogen-bond donors (Lipinski definition) is 2. The van der Waals surface area contributed by atoms with Gasteiger partial charge in [-0.15, -0.1) is 0 Å². The molecule has 2 N–H and O–H groups in total. The fourth-order valence-corrected chi connectivity index (χ4v) is 3.22. The van der Waals surface area contributed by atoms with Gasteiger partial charge in [-0.1, -0.05) is 24.3 Å². The van der Waals surface area contributed by atoms with Crippen LogP contribution < -0.4 is 10.6 Å². The Morgan fingerprint density at radius 2 is 2.05 bits per heavy atom. The van der Waals surface area contributed by atoms with Gasteiger partial charge in [0.25, 0.3) is 0 Å². The lowest BCUT2D eigenvalue weighted by Crippen LogP contribution is -2.52. The topological polar surface area (TPSA) is 50.4 Å². The first-order valence-corrected chi connectivity index (χ1v) is 8.12. The predicted molar refractivity (Wildman–Crippen MR) is 88.9 cm³/mol. The molecule has 2 rings (SSSR count). The van der Waals surface area contributed by atoms with E-state index >= 15 is 0 Å². The fourth-order valence-electron chi connectivity index (χ4n) is 3.22. The number of methoxy groups -OCH3 is 1. The Hall–Kier alpha value is -1.39. The van der Waals surface area contributed by atoms with Gasteiger partial charge in [-0.25, -0.2) is 0 Å². The smallest absolute Gasteiger partial charge is 0.228 e. The van der Waals surface area contributed by atoms with E-state index in [2.05, 4.69) is 42.7 Å². The van der Waals surface area contributed by atoms with E-state index in [-0.39, 0.29) is 17.4 Å². The van der Waals surface area contributed by atoms with Crippen LogP contribution in [0.1, 0.15) is 30.9 Å². The molecule has 1 aliphatic rings. The van der Waals surface area contributed by atoms with Gasteiger partial charge in [-0.3, -0.25) is 4.79 Å². The molecule has 1 aromatic rings. The van der Waals surface area contributed by atoms with Crippen molar-refractivity contribution in [2.75, 3.05) is 26.8 Å². The number of carbonyl (C=O) groups excluding carboxylic acids is 1. The van der Waals surface area contributed by atoms with Crippen LogP contribution >= 0.6 is 0 Å². The Balaban J connectivity index is 1.98. The second kappa shape index (κ2) is 7.75. The summed E-state index contributed by atoms with van der Waals surface area (Å²) in [7, 11) is 1.67. The first-order chi connectivity index (χ1) is 10.6. The minimum Gasteiger partial charge on any atom is -0.384 e. The van der Waals surface area contributed by atoms with Crippen LogP contribution in [-0.4, -0.2) is 38.8 Å². The minimum atomic E-state index is -0.375. The Morgan fingerprint density at radius 3 is 2.68 bits per heavy atom. The highest BCUT2D eigenvalue weighted by atomic mass is 16.5. The van der Waals surface area contributed by atoms with Crippen molar-refractivity contribution in [3.63, 3.8) is 0 Å². The van der Waals surface area contributed by atoms with Crippen LogP contribution in [0.15, 0.2) is 24.3 Å². The first-order valence-electron chi connectivity index (χ1n) is 8.12. The van der Waals surface area contributed by atoms with Gasteiger partial charge in [0.2, 0.25) is 5.91 Å². The van der Waals surface area contributed by atoms with Gasteiger partial charge in [-0.05, 0) is 57.3 Å². The van der Waals surface area contributed by atoms with E-state index in [0.29, 0.717) is 6.61 Å². The van der Waals surface area contributed by atoms with Crippen LogP contribution in [0.25, 0.3) is 0 Å². The van der Waals surface area contributed by atoms with Crippen molar-refractivity contribution < 1.29 is 9.53 Å². The quantitative estimate of drug-likeness (QED) is 0.846. The summed E-state index contributed by atoms with van der Waals surface area (Å²) in [6.07, 6.45) is 2.53. The normalized spacial score (nSPS) is 18.7. The van der Waals surface area contributed by atoms with Crippen LogP contribution in [0.5, 0.6) is 0 Å². The second-order valence-corrected chi connectivity index (χ2v) is 6.47. The summed E-state index contributed by atoms with van der Waals surface area (Å²) >= 11 is 0. The summed E-state index contributed by atoms with van der Waals surface area (Å²) < 4.78 is 5.34. The number of aryl methyl sites for hydroxylation is 1. The highest BCUT2D eigenvalue weighted by Gasteiger charge is 2.39. The molecule has 1 unspecified atom stereocenters. The van der Waals surface area contributed by atoms with E-state index in [0.717, 1.165) is 32.4 Å². The summed E-state index contributed by atoms with van der Waals surface area (Å²) in [4.78, 5) is 12.8. The van der Waals surface area contributed by atoms with Crippen molar-refractivity contribution in [1.29, 1.82) is 0 Å². The number of nitrogens with one attached hydrogen (secondary N) is 2. The zero-order valence-electron chi connectivity index (χ0n) is 13.9. The highest BCUT2D eigenvalue weighted by molar-refractivity contribution is 5.83. The molecule has 1 saturated heterocycles. The molecule has 4 heteroatoms. The Bertz CT molecular complexity index is 490. The number of piperidine rings is 1. The van der Waals surface area contributed by atoms with Crippen LogP contribution in [0.4, 0.5) is 0 Å². The highest BCUT2D eigenvalue weighted by Crippen LogP contribution is 2.29. The number of benzene rings is 1. The van der Waals surface area contributed by atoms with Gasteiger partial charge in [-0.2, -0.15) is 0 Å². The van der Waals surface area contributed by atoms with Crippen molar-refractivity contribution in [1.82, 2.24) is 10.6 Å². The van der Waals surface area contributed by atoms with Gasteiger partial charge in [0.1, 0.15) is 0 Å². The molecular weight excluding hydrogens is 276 g/mol. The minimum absolute atomic E-state index is 0.122. The third kappa shape index (κ3) is 4.08. The average molecular weight is 304 g/mol. The lowest BCUT2D eigenvalue weighted by molar-refractivity contribution is -0.136. The molecule has 0 bridgehead atoms. The lowest BCUT2D eigenvalue weighted by atomic mass is 9.78. The molecule has 1 atom stereocenters. The molecule has 1 fully saturated rings. The molecule has 0 spiro atoms. The predicted octanol–water partition coefficient (Wildman–Crippen LogP) is 2.06. The molecule has 1 aliphatic heterocycles. The van der Waals surface area contributed by atoms with E-state index in [9.17, 15) is 4.79 Å². The van der Waals surface area contributed by atoms with Crippen molar-refractivity contribution in [3.8, 4) is 0 Å². The van der Waals surface area contributed by atoms with Gasteiger partial charge >= 0.3 is 0 Å². The number of hydrogen-bond acceptors (Lipinski definition) is 3. The largest absolute Gasteiger partial charge is 0.384 e. The molecule has 0 aromatic heterocycles. The summed E-state index contributed by atoms with van der Waals surface area (Å²) in [6.45, 7) is 6.44. The van der Waals surface area contributed by atoms with Gasteiger partial charge in [0.05, 0.1) is 12.0 Å². The third-order valence-electron chi connectivity index (χ3n) is 4.63. The SMILES string of the molecule is COCC1(C(=O)NC(C)Cc2ccccc2C)CCNCC1. The Labute approximate surface area is 133 Å². The maximum absolute atomic E-state index is 12.8. The molecule has 0 aliphatic carbocycles. The van der Waals surface area contributed by atoms with E-state index in [4.69, 9.17) is 4.74 Å². The molecule has 4 nitrogen and oxygen atoms in total. The molecule has 122 valence electrons. The molecule has 0 saturated carbocycles. The summed E-state index contributed by atoms with van der Waals surface area (Å²) in [5.74, 6) is 0.136. The molecule has 1 aromatic carbocycles. The Morgan fingerprint density at radius 1 is 1.36 bits per heavy atom. The fraction of sp³-hybridized carbons (Fsp3) is 0.611. The number of rotatable bonds is 6. The molecule has 1 amide bonds. The van der Waals surface area contributed by atoms with Crippen LogP contribution in [0.2, 0.25) is 0 Å². The van der Waals surface area contributed by atoms with E-state index < -0.39 is 0 Å². The third-order valence-corrected chi connectivity index (χ3v) is 4.63. The molecule has 1 heterocycles. The standard InChI is InChI=1S/C18H28N2O2/c1-14-6-4-5-7-16(14)12-15(2)20-17(21)18(13-22-3)8-10-19-11-9-18/h4-7,15,19H,8-13H2,1-3H3,(H,20,21). The number of amides is 1.